The lowest BCUT2D eigenvalue weighted by Gasteiger charge is -2.22. The molecule has 0 aromatic rings. The number of hydrogen-bond acceptors (Lipinski definition) is 0. The molecule has 1 radical (unpaired) electrons. The van der Waals surface area contributed by atoms with E-state index < -0.39 is 0 Å². The van der Waals surface area contributed by atoms with Gasteiger partial charge in [0, 0.05) is 6.42 Å². The molecule has 1 fully saturated rings. The van der Waals surface area contributed by atoms with E-state index >= 15 is 0 Å². The van der Waals surface area contributed by atoms with E-state index in [1.165, 1.54) is 12.8 Å². The Morgan fingerprint density at radius 2 is 1.83 bits per heavy atom. The summed E-state index contributed by atoms with van der Waals surface area (Å²) in [4.78, 5) is 0. The Balaban J connectivity index is 2.11. The van der Waals surface area contributed by atoms with Crippen LogP contribution in [0.25, 0.3) is 0 Å². The molecule has 65 valence electrons. The second-order valence-corrected chi connectivity index (χ2v) is 6.92. The van der Waals surface area contributed by atoms with Gasteiger partial charge >= 0.3 is 0 Å². The van der Waals surface area contributed by atoms with Crippen molar-refractivity contribution >= 4 is 7.92 Å². The maximum absolute atomic E-state index is 2.42. The van der Waals surface area contributed by atoms with Gasteiger partial charge in [-0.3, -0.25) is 0 Å². The van der Waals surface area contributed by atoms with Gasteiger partial charge in [0.2, 0.25) is 0 Å². The van der Waals surface area contributed by atoms with Crippen molar-refractivity contribution in [2.45, 2.75) is 38.0 Å². The quantitative estimate of drug-likeness (QED) is 0.538. The van der Waals surface area contributed by atoms with Crippen molar-refractivity contribution in [3.63, 3.8) is 0 Å². The van der Waals surface area contributed by atoms with E-state index in [-0.39, 0.29) is 7.92 Å². The van der Waals surface area contributed by atoms with Crippen LogP contribution in [0.1, 0.15) is 26.7 Å². The van der Waals surface area contributed by atoms with Gasteiger partial charge < -0.3 is 0 Å². The van der Waals surface area contributed by atoms with Crippen LogP contribution in [0.15, 0.2) is 23.5 Å². The summed E-state index contributed by atoms with van der Waals surface area (Å²) < 4.78 is 0. The molecule has 2 unspecified atom stereocenters. The third-order valence-corrected chi connectivity index (χ3v) is 6.21. The van der Waals surface area contributed by atoms with E-state index in [4.69, 9.17) is 0 Å². The number of hydrogen-bond donors (Lipinski definition) is 0. The fourth-order valence-electron chi connectivity index (χ4n) is 2.24. The lowest BCUT2D eigenvalue weighted by molar-refractivity contribution is 0.777. The highest BCUT2D eigenvalue weighted by Crippen LogP contribution is 2.62. The van der Waals surface area contributed by atoms with Crippen LogP contribution >= 0.6 is 7.92 Å². The van der Waals surface area contributed by atoms with Crippen molar-refractivity contribution < 1.29 is 0 Å². The maximum Gasteiger partial charge on any atom is 0.0130 e. The molecule has 0 spiro atoms. The third kappa shape index (κ3) is 1.38. The summed E-state index contributed by atoms with van der Waals surface area (Å²) in [5.74, 6) is 0. The molecule has 2 rings (SSSR count). The topological polar surface area (TPSA) is 0 Å². The van der Waals surface area contributed by atoms with Crippen molar-refractivity contribution in [1.82, 2.24) is 0 Å². The third-order valence-electron chi connectivity index (χ3n) is 2.90. The van der Waals surface area contributed by atoms with Crippen LogP contribution in [-0.4, -0.2) is 11.3 Å². The highest BCUT2D eigenvalue weighted by atomic mass is 31.1. The Morgan fingerprint density at radius 3 is 2.33 bits per heavy atom. The van der Waals surface area contributed by atoms with Gasteiger partial charge in [0.15, 0.2) is 0 Å². The largest absolute Gasteiger partial charge is 0.0760 e. The van der Waals surface area contributed by atoms with Crippen LogP contribution in [0, 0.1) is 6.42 Å². The molecular formula is C11H16P. The minimum Gasteiger partial charge on any atom is -0.0760 e. The summed E-state index contributed by atoms with van der Waals surface area (Å²) in [7, 11) is 0.174. The Hall–Kier alpha value is -0.0900. The molecule has 1 aliphatic heterocycles. The lowest BCUT2D eigenvalue weighted by atomic mass is 10.2. The molecule has 2 aliphatic rings. The Bertz CT molecular complexity index is 217. The summed E-state index contributed by atoms with van der Waals surface area (Å²) in [6.07, 6.45) is 11.9. The van der Waals surface area contributed by atoms with Crippen molar-refractivity contribution in [3.8, 4) is 0 Å². The minimum atomic E-state index is 0.174. The van der Waals surface area contributed by atoms with E-state index in [1.54, 1.807) is 5.31 Å². The van der Waals surface area contributed by atoms with E-state index in [2.05, 4.69) is 38.5 Å². The Kier molecular flexibility index (Phi) is 2.37. The van der Waals surface area contributed by atoms with E-state index in [0.717, 1.165) is 11.3 Å². The van der Waals surface area contributed by atoms with Gasteiger partial charge in [-0.25, -0.2) is 0 Å². The first-order valence-electron chi connectivity index (χ1n) is 4.79. The van der Waals surface area contributed by atoms with Gasteiger partial charge in [0.1, 0.15) is 0 Å². The molecule has 1 heteroatoms. The molecular weight excluding hydrogens is 163 g/mol. The highest BCUT2D eigenvalue weighted by molar-refractivity contribution is 7.64. The molecule has 2 atom stereocenters. The Labute approximate surface area is 76.5 Å². The van der Waals surface area contributed by atoms with Gasteiger partial charge in [-0.05, 0) is 29.5 Å². The average Bonchev–Trinajstić information content (AvgIpc) is 2.61. The van der Waals surface area contributed by atoms with Crippen LogP contribution < -0.4 is 0 Å². The molecule has 0 bridgehead atoms. The molecule has 0 amide bonds. The second-order valence-electron chi connectivity index (χ2n) is 3.83. The number of allylic oxidation sites excluding steroid dienone is 4. The van der Waals surface area contributed by atoms with E-state index in [1.807, 2.05) is 0 Å². The van der Waals surface area contributed by atoms with Gasteiger partial charge in [0.25, 0.3) is 0 Å². The van der Waals surface area contributed by atoms with Gasteiger partial charge in [-0.15, -0.1) is 0 Å². The fourth-order valence-corrected chi connectivity index (χ4v) is 5.50. The zero-order valence-electron chi connectivity index (χ0n) is 7.83. The highest BCUT2D eigenvalue weighted by Gasteiger charge is 2.32. The number of rotatable bonds is 1. The van der Waals surface area contributed by atoms with Crippen molar-refractivity contribution in [2.75, 3.05) is 0 Å². The zero-order valence-corrected chi connectivity index (χ0v) is 8.72. The molecule has 0 aromatic carbocycles. The van der Waals surface area contributed by atoms with Gasteiger partial charge in [-0.1, -0.05) is 40.0 Å². The first-order chi connectivity index (χ1) is 5.79. The summed E-state index contributed by atoms with van der Waals surface area (Å²) in [5.41, 5.74) is 1.91. The van der Waals surface area contributed by atoms with Crippen LogP contribution in [0.2, 0.25) is 0 Å². The monoisotopic (exact) mass is 179 g/mol. The van der Waals surface area contributed by atoms with Crippen molar-refractivity contribution in [3.05, 3.63) is 30.0 Å². The molecule has 0 saturated carbocycles. The predicted molar refractivity (Wildman–Crippen MR) is 56.6 cm³/mol. The van der Waals surface area contributed by atoms with Crippen molar-refractivity contribution in [1.29, 1.82) is 0 Å². The fraction of sp³-hybridized carbons (Fsp3) is 0.545. The van der Waals surface area contributed by atoms with Crippen LogP contribution in [-0.2, 0) is 0 Å². The summed E-state index contributed by atoms with van der Waals surface area (Å²) >= 11 is 0. The van der Waals surface area contributed by atoms with Gasteiger partial charge in [0.05, 0.1) is 0 Å². The molecule has 1 saturated heterocycles. The molecule has 0 N–H and O–H groups in total. The predicted octanol–water partition coefficient (Wildman–Crippen LogP) is 3.70. The zero-order chi connectivity index (χ0) is 8.55. The summed E-state index contributed by atoms with van der Waals surface area (Å²) in [5, 5.41) is 1.63. The van der Waals surface area contributed by atoms with E-state index in [9.17, 15) is 0 Å². The van der Waals surface area contributed by atoms with Gasteiger partial charge in [-0.2, -0.15) is 0 Å². The first-order valence-corrected chi connectivity index (χ1v) is 6.27. The normalized spacial score (nSPS) is 40.5. The lowest BCUT2D eigenvalue weighted by Crippen LogP contribution is -1.98. The Morgan fingerprint density at radius 1 is 1.17 bits per heavy atom. The second kappa shape index (κ2) is 3.34. The van der Waals surface area contributed by atoms with Crippen LogP contribution in [0.4, 0.5) is 0 Å². The average molecular weight is 179 g/mol. The van der Waals surface area contributed by atoms with Crippen molar-refractivity contribution in [2.24, 2.45) is 0 Å². The summed E-state index contributed by atoms with van der Waals surface area (Å²) in [6.45, 7) is 4.84. The van der Waals surface area contributed by atoms with Crippen LogP contribution in [0.3, 0.4) is 0 Å². The standard InChI is InChI=1S/C11H16P/c1-9-7-8-10(2)12(9)11-5-3-4-6-11/h3-6,9-10H,7-8H2,1-2H3. The maximum atomic E-state index is 2.42. The van der Waals surface area contributed by atoms with Crippen LogP contribution in [0.5, 0.6) is 0 Å². The SMILES string of the molecule is CC1CCC(C)P1C1=CC=C[CH]1. The first kappa shape index (κ1) is 8.51. The molecule has 12 heavy (non-hydrogen) atoms. The summed E-state index contributed by atoms with van der Waals surface area (Å²) in [6, 6.07) is 0. The molecule has 0 aromatic heterocycles. The van der Waals surface area contributed by atoms with E-state index in [0.29, 0.717) is 0 Å². The molecule has 0 nitrogen and oxygen atoms in total. The molecule has 1 heterocycles. The smallest absolute Gasteiger partial charge is 0.0130 e. The minimum absolute atomic E-state index is 0.174. The molecule has 1 aliphatic carbocycles.